The van der Waals surface area contributed by atoms with Gasteiger partial charge in [-0.05, 0) is 35.2 Å². The second-order valence-corrected chi connectivity index (χ2v) is 4.17. The van der Waals surface area contributed by atoms with Crippen LogP contribution >= 0.6 is 11.3 Å². The van der Waals surface area contributed by atoms with Gasteiger partial charge in [-0.15, -0.1) is 0 Å². The lowest BCUT2D eigenvalue weighted by Gasteiger charge is -2.07. The first-order valence-electron chi connectivity index (χ1n) is 4.77. The van der Waals surface area contributed by atoms with Crippen molar-refractivity contribution >= 4 is 17.1 Å². The van der Waals surface area contributed by atoms with E-state index in [4.69, 9.17) is 0 Å². The highest BCUT2D eigenvalue weighted by molar-refractivity contribution is 7.07. The Bertz CT molecular complexity index is 251. The Balaban J connectivity index is 2.30. The SMILES string of the molecule is CCC(=O)C(C)CCc1ccsc1. The molecular weight excluding hydrogens is 180 g/mol. The van der Waals surface area contributed by atoms with Crippen LogP contribution in [0.4, 0.5) is 0 Å². The smallest absolute Gasteiger partial charge is 0.135 e. The molecule has 0 aromatic carbocycles. The van der Waals surface area contributed by atoms with E-state index in [1.54, 1.807) is 11.3 Å². The molecule has 2 heteroatoms. The fraction of sp³-hybridized carbons (Fsp3) is 0.545. The molecule has 1 atom stereocenters. The van der Waals surface area contributed by atoms with Crippen molar-refractivity contribution in [2.24, 2.45) is 5.92 Å². The van der Waals surface area contributed by atoms with Crippen LogP contribution in [0.15, 0.2) is 16.8 Å². The minimum atomic E-state index is 0.227. The van der Waals surface area contributed by atoms with Crippen molar-refractivity contribution in [2.75, 3.05) is 0 Å². The lowest BCUT2D eigenvalue weighted by atomic mass is 9.97. The maximum Gasteiger partial charge on any atom is 0.135 e. The van der Waals surface area contributed by atoms with E-state index in [0.29, 0.717) is 12.2 Å². The Morgan fingerprint density at radius 2 is 2.38 bits per heavy atom. The number of ketones is 1. The standard InChI is InChI=1S/C11H16OS/c1-3-11(12)9(2)4-5-10-6-7-13-8-10/h6-9H,3-5H2,1-2H3. The van der Waals surface area contributed by atoms with Gasteiger partial charge in [0.25, 0.3) is 0 Å². The maximum absolute atomic E-state index is 11.3. The molecule has 0 saturated carbocycles. The zero-order valence-corrected chi connectivity index (χ0v) is 9.06. The summed E-state index contributed by atoms with van der Waals surface area (Å²) >= 11 is 1.72. The predicted molar refractivity (Wildman–Crippen MR) is 57.1 cm³/mol. The summed E-state index contributed by atoms with van der Waals surface area (Å²) in [6, 6.07) is 2.13. The molecule has 0 saturated heterocycles. The number of carbonyl (C=O) groups is 1. The molecule has 1 rings (SSSR count). The quantitative estimate of drug-likeness (QED) is 0.706. The largest absolute Gasteiger partial charge is 0.299 e. The van der Waals surface area contributed by atoms with Gasteiger partial charge < -0.3 is 0 Å². The van der Waals surface area contributed by atoms with Crippen molar-refractivity contribution in [3.63, 3.8) is 0 Å². The topological polar surface area (TPSA) is 17.1 Å². The van der Waals surface area contributed by atoms with E-state index in [1.165, 1.54) is 5.56 Å². The molecule has 1 aromatic rings. The molecule has 13 heavy (non-hydrogen) atoms. The maximum atomic E-state index is 11.3. The summed E-state index contributed by atoms with van der Waals surface area (Å²) in [6.07, 6.45) is 2.70. The van der Waals surface area contributed by atoms with Gasteiger partial charge in [-0.1, -0.05) is 13.8 Å². The van der Waals surface area contributed by atoms with Gasteiger partial charge >= 0.3 is 0 Å². The molecule has 0 aliphatic heterocycles. The van der Waals surface area contributed by atoms with Crippen molar-refractivity contribution in [1.82, 2.24) is 0 Å². The van der Waals surface area contributed by atoms with Crippen molar-refractivity contribution in [3.8, 4) is 0 Å². The van der Waals surface area contributed by atoms with Crippen molar-refractivity contribution in [1.29, 1.82) is 0 Å². The van der Waals surface area contributed by atoms with Gasteiger partial charge in [-0.25, -0.2) is 0 Å². The highest BCUT2D eigenvalue weighted by Gasteiger charge is 2.10. The van der Waals surface area contributed by atoms with Gasteiger partial charge in [0.1, 0.15) is 5.78 Å². The zero-order valence-electron chi connectivity index (χ0n) is 8.25. The Hall–Kier alpha value is -0.630. The average Bonchev–Trinajstić information content (AvgIpc) is 2.65. The van der Waals surface area contributed by atoms with Gasteiger partial charge in [0.2, 0.25) is 0 Å². The number of hydrogen-bond donors (Lipinski definition) is 0. The Labute approximate surface area is 83.8 Å². The highest BCUT2D eigenvalue weighted by Crippen LogP contribution is 2.13. The monoisotopic (exact) mass is 196 g/mol. The highest BCUT2D eigenvalue weighted by atomic mass is 32.1. The average molecular weight is 196 g/mol. The summed E-state index contributed by atoms with van der Waals surface area (Å²) in [5.74, 6) is 0.611. The zero-order chi connectivity index (χ0) is 9.68. The first kappa shape index (κ1) is 10.5. The van der Waals surface area contributed by atoms with Crippen LogP contribution < -0.4 is 0 Å². The molecule has 72 valence electrons. The van der Waals surface area contributed by atoms with Crippen LogP contribution in [0.5, 0.6) is 0 Å². The Morgan fingerprint density at radius 3 is 2.92 bits per heavy atom. The molecule has 0 amide bonds. The van der Waals surface area contributed by atoms with Crippen LogP contribution in [0.2, 0.25) is 0 Å². The molecule has 0 aliphatic carbocycles. The first-order chi connectivity index (χ1) is 6.24. The Kier molecular flexibility index (Phi) is 4.16. The minimum Gasteiger partial charge on any atom is -0.299 e. The molecule has 0 radical (unpaired) electrons. The van der Waals surface area contributed by atoms with E-state index in [9.17, 15) is 4.79 Å². The van der Waals surface area contributed by atoms with E-state index in [1.807, 2.05) is 13.8 Å². The summed E-state index contributed by atoms with van der Waals surface area (Å²) in [5, 5.41) is 4.24. The second-order valence-electron chi connectivity index (χ2n) is 3.39. The van der Waals surface area contributed by atoms with Crippen molar-refractivity contribution < 1.29 is 4.79 Å². The van der Waals surface area contributed by atoms with E-state index in [0.717, 1.165) is 12.8 Å². The van der Waals surface area contributed by atoms with Gasteiger partial charge in [0.15, 0.2) is 0 Å². The van der Waals surface area contributed by atoms with Gasteiger partial charge in [0.05, 0.1) is 0 Å². The number of aryl methyl sites for hydroxylation is 1. The molecule has 1 heterocycles. The van der Waals surface area contributed by atoms with Gasteiger partial charge in [0, 0.05) is 12.3 Å². The molecular formula is C11H16OS. The molecule has 0 N–H and O–H groups in total. The van der Waals surface area contributed by atoms with Crippen molar-refractivity contribution in [3.05, 3.63) is 22.4 Å². The van der Waals surface area contributed by atoms with E-state index in [-0.39, 0.29) is 5.92 Å². The molecule has 1 nitrogen and oxygen atoms in total. The molecule has 0 aliphatic rings. The van der Waals surface area contributed by atoms with Crippen LogP contribution in [0.3, 0.4) is 0 Å². The summed E-state index contributed by atoms with van der Waals surface area (Å²) in [6.45, 7) is 3.96. The van der Waals surface area contributed by atoms with E-state index in [2.05, 4.69) is 16.8 Å². The number of hydrogen-bond acceptors (Lipinski definition) is 2. The van der Waals surface area contributed by atoms with Crippen LogP contribution in [-0.4, -0.2) is 5.78 Å². The van der Waals surface area contributed by atoms with Crippen LogP contribution in [-0.2, 0) is 11.2 Å². The summed E-state index contributed by atoms with van der Waals surface area (Å²) < 4.78 is 0. The summed E-state index contributed by atoms with van der Waals surface area (Å²) in [4.78, 5) is 11.3. The number of thiophene rings is 1. The second kappa shape index (κ2) is 5.18. The fourth-order valence-electron chi connectivity index (χ4n) is 1.33. The first-order valence-corrected chi connectivity index (χ1v) is 5.72. The van der Waals surface area contributed by atoms with Crippen molar-refractivity contribution in [2.45, 2.75) is 33.1 Å². The third-order valence-electron chi connectivity index (χ3n) is 2.34. The molecule has 0 fully saturated rings. The Morgan fingerprint density at radius 1 is 1.62 bits per heavy atom. The lowest BCUT2D eigenvalue weighted by molar-refractivity contribution is -0.122. The number of Topliss-reactive ketones (excluding diaryl/α,β-unsaturated/α-hetero) is 1. The summed E-state index contributed by atoms with van der Waals surface area (Å²) in [5.41, 5.74) is 1.36. The molecule has 0 bridgehead atoms. The van der Waals surface area contributed by atoms with Crippen LogP contribution in [0.25, 0.3) is 0 Å². The van der Waals surface area contributed by atoms with Crippen LogP contribution in [0, 0.1) is 5.92 Å². The van der Waals surface area contributed by atoms with E-state index >= 15 is 0 Å². The lowest BCUT2D eigenvalue weighted by Crippen LogP contribution is -2.09. The predicted octanol–water partition coefficient (Wildman–Crippen LogP) is 3.30. The molecule has 1 unspecified atom stereocenters. The number of rotatable bonds is 5. The normalized spacial score (nSPS) is 12.8. The number of carbonyl (C=O) groups excluding carboxylic acids is 1. The minimum absolute atomic E-state index is 0.227. The van der Waals surface area contributed by atoms with Gasteiger partial charge in [-0.3, -0.25) is 4.79 Å². The third-order valence-corrected chi connectivity index (χ3v) is 3.08. The van der Waals surface area contributed by atoms with Gasteiger partial charge in [-0.2, -0.15) is 11.3 Å². The molecule has 0 spiro atoms. The van der Waals surface area contributed by atoms with Crippen LogP contribution in [0.1, 0.15) is 32.3 Å². The summed E-state index contributed by atoms with van der Waals surface area (Å²) in [7, 11) is 0. The third kappa shape index (κ3) is 3.31. The van der Waals surface area contributed by atoms with E-state index < -0.39 is 0 Å². The fourth-order valence-corrected chi connectivity index (χ4v) is 2.03. The molecule has 1 aromatic heterocycles.